The molecule has 0 bridgehead atoms. The third kappa shape index (κ3) is 2.59. The number of nitrogens with zero attached hydrogens (tertiary/aromatic N) is 2. The van der Waals surface area contributed by atoms with Crippen LogP contribution in [0.3, 0.4) is 0 Å². The predicted octanol–water partition coefficient (Wildman–Crippen LogP) is 1.98. The number of piperidine rings is 1. The summed E-state index contributed by atoms with van der Waals surface area (Å²) in [5.74, 6) is 0.639. The number of hydrogen-bond acceptors (Lipinski definition) is 4. The Bertz CT molecular complexity index is 538. The van der Waals surface area contributed by atoms with E-state index in [2.05, 4.69) is 11.8 Å². The minimum absolute atomic E-state index is 0.0138. The van der Waals surface area contributed by atoms with Crippen LogP contribution < -0.4 is 4.74 Å². The van der Waals surface area contributed by atoms with Gasteiger partial charge in [0.15, 0.2) is 0 Å². The Balaban J connectivity index is 1.83. The van der Waals surface area contributed by atoms with E-state index in [-0.39, 0.29) is 5.91 Å². The fourth-order valence-corrected chi connectivity index (χ4v) is 3.49. The minimum atomic E-state index is -0.427. The summed E-state index contributed by atoms with van der Waals surface area (Å²) in [6.07, 6.45) is 1.75. The first-order valence-electron chi connectivity index (χ1n) is 8.01. The second-order valence-corrected chi connectivity index (χ2v) is 5.89. The van der Waals surface area contributed by atoms with Crippen LogP contribution in [0.1, 0.15) is 30.1 Å². The van der Waals surface area contributed by atoms with Gasteiger partial charge in [-0.2, -0.15) is 0 Å². The number of hydrogen-bond donors (Lipinski definition) is 0. The van der Waals surface area contributed by atoms with E-state index >= 15 is 0 Å². The highest BCUT2D eigenvalue weighted by molar-refractivity contribution is 5.97. The fraction of sp³-hybridized carbons (Fsp3) is 0.588. The Labute approximate surface area is 131 Å². The van der Waals surface area contributed by atoms with Gasteiger partial charge in [-0.1, -0.05) is 19.1 Å². The van der Waals surface area contributed by atoms with E-state index in [0.717, 1.165) is 32.5 Å². The molecule has 0 saturated carbocycles. The summed E-state index contributed by atoms with van der Waals surface area (Å²) in [6.45, 7) is 6.45. The standard InChI is InChI=1S/C17H24N2O3/c1-3-18-10-8-17(9-11-18)19(12-13-22-17)16(20)14-6-4-5-7-15(14)21-2/h4-7H,3,8-13H2,1-2H3. The summed E-state index contributed by atoms with van der Waals surface area (Å²) in [5.41, 5.74) is 0.191. The summed E-state index contributed by atoms with van der Waals surface area (Å²) in [4.78, 5) is 17.3. The van der Waals surface area contributed by atoms with E-state index in [0.29, 0.717) is 24.5 Å². The molecule has 2 aliphatic heterocycles. The zero-order chi connectivity index (χ0) is 15.6. The molecule has 1 aromatic carbocycles. The molecular formula is C17H24N2O3. The van der Waals surface area contributed by atoms with Crippen LogP contribution in [0.2, 0.25) is 0 Å². The first-order valence-corrected chi connectivity index (χ1v) is 8.01. The second kappa shape index (κ2) is 6.26. The average Bonchev–Trinajstić information content (AvgIpc) is 2.98. The van der Waals surface area contributed by atoms with Gasteiger partial charge in [-0.25, -0.2) is 0 Å². The summed E-state index contributed by atoms with van der Waals surface area (Å²) in [5, 5.41) is 0. The van der Waals surface area contributed by atoms with E-state index in [1.165, 1.54) is 0 Å². The highest BCUT2D eigenvalue weighted by Gasteiger charge is 2.47. The van der Waals surface area contributed by atoms with E-state index in [4.69, 9.17) is 9.47 Å². The molecule has 3 rings (SSSR count). The van der Waals surface area contributed by atoms with Crippen LogP contribution >= 0.6 is 0 Å². The summed E-state index contributed by atoms with van der Waals surface area (Å²) in [6, 6.07) is 7.41. The highest BCUT2D eigenvalue weighted by atomic mass is 16.5. The molecule has 0 N–H and O–H groups in total. The maximum Gasteiger partial charge on any atom is 0.259 e. The van der Waals surface area contributed by atoms with Crippen molar-refractivity contribution in [3.8, 4) is 5.75 Å². The van der Waals surface area contributed by atoms with Gasteiger partial charge in [0.25, 0.3) is 5.91 Å². The first kappa shape index (κ1) is 15.3. The zero-order valence-corrected chi connectivity index (χ0v) is 13.4. The van der Waals surface area contributed by atoms with Gasteiger partial charge >= 0.3 is 0 Å². The number of carbonyl (C=O) groups is 1. The molecule has 1 amide bonds. The van der Waals surface area contributed by atoms with E-state index < -0.39 is 5.72 Å². The largest absolute Gasteiger partial charge is 0.496 e. The number of rotatable bonds is 3. The van der Waals surface area contributed by atoms with Crippen LogP contribution in [0, 0.1) is 0 Å². The molecular weight excluding hydrogens is 280 g/mol. The van der Waals surface area contributed by atoms with Crippen LogP contribution in [0.25, 0.3) is 0 Å². The van der Waals surface area contributed by atoms with Gasteiger partial charge < -0.3 is 19.3 Å². The van der Waals surface area contributed by atoms with Crippen molar-refractivity contribution in [2.75, 3.05) is 39.9 Å². The van der Waals surface area contributed by atoms with Crippen molar-refractivity contribution in [3.63, 3.8) is 0 Å². The van der Waals surface area contributed by atoms with Gasteiger partial charge in [0, 0.05) is 32.5 Å². The van der Waals surface area contributed by atoms with Gasteiger partial charge in [-0.15, -0.1) is 0 Å². The minimum Gasteiger partial charge on any atom is -0.496 e. The van der Waals surface area contributed by atoms with Crippen molar-refractivity contribution in [3.05, 3.63) is 29.8 Å². The monoisotopic (exact) mass is 304 g/mol. The maximum absolute atomic E-state index is 13.0. The predicted molar refractivity (Wildman–Crippen MR) is 84.1 cm³/mol. The number of likely N-dealkylation sites (tertiary alicyclic amines) is 1. The number of methoxy groups -OCH3 is 1. The van der Waals surface area contributed by atoms with Gasteiger partial charge in [0.05, 0.1) is 19.3 Å². The molecule has 0 aliphatic carbocycles. The zero-order valence-electron chi connectivity index (χ0n) is 13.4. The maximum atomic E-state index is 13.0. The van der Waals surface area contributed by atoms with Crippen molar-refractivity contribution < 1.29 is 14.3 Å². The number of para-hydroxylation sites is 1. The fourth-order valence-electron chi connectivity index (χ4n) is 3.49. The molecule has 0 aromatic heterocycles. The summed E-state index contributed by atoms with van der Waals surface area (Å²) in [7, 11) is 1.60. The van der Waals surface area contributed by atoms with Crippen molar-refractivity contribution in [2.45, 2.75) is 25.5 Å². The first-order chi connectivity index (χ1) is 10.7. The van der Waals surface area contributed by atoms with E-state index in [1.54, 1.807) is 7.11 Å². The third-order valence-electron chi connectivity index (χ3n) is 4.84. The lowest BCUT2D eigenvalue weighted by Crippen LogP contribution is -2.54. The summed E-state index contributed by atoms with van der Waals surface area (Å²) >= 11 is 0. The smallest absolute Gasteiger partial charge is 0.259 e. The summed E-state index contributed by atoms with van der Waals surface area (Å²) < 4.78 is 11.4. The third-order valence-corrected chi connectivity index (χ3v) is 4.84. The Kier molecular flexibility index (Phi) is 4.36. The van der Waals surface area contributed by atoms with Crippen LogP contribution in [-0.4, -0.2) is 61.3 Å². The SMILES string of the molecule is CCN1CCC2(CC1)OCCN2C(=O)c1ccccc1OC. The van der Waals surface area contributed by atoms with Gasteiger partial charge in [-0.3, -0.25) is 4.79 Å². The molecule has 2 aliphatic rings. The van der Waals surface area contributed by atoms with Crippen LogP contribution in [0.4, 0.5) is 0 Å². The molecule has 22 heavy (non-hydrogen) atoms. The molecule has 0 radical (unpaired) electrons. The van der Waals surface area contributed by atoms with Crippen molar-refractivity contribution in [1.82, 2.24) is 9.80 Å². The Hall–Kier alpha value is -1.59. The molecule has 2 saturated heterocycles. The van der Waals surface area contributed by atoms with Crippen LogP contribution in [0.5, 0.6) is 5.75 Å². The molecule has 1 aromatic rings. The lowest BCUT2D eigenvalue weighted by molar-refractivity contribution is -0.104. The topological polar surface area (TPSA) is 42.0 Å². The van der Waals surface area contributed by atoms with Crippen molar-refractivity contribution >= 4 is 5.91 Å². The lowest BCUT2D eigenvalue weighted by Gasteiger charge is -2.43. The molecule has 0 unspecified atom stereocenters. The van der Waals surface area contributed by atoms with Gasteiger partial charge in [0.2, 0.25) is 0 Å². The Morgan fingerprint density at radius 3 is 2.68 bits per heavy atom. The molecule has 2 fully saturated rings. The Morgan fingerprint density at radius 1 is 1.27 bits per heavy atom. The van der Waals surface area contributed by atoms with E-state index in [1.807, 2.05) is 29.2 Å². The molecule has 5 heteroatoms. The molecule has 2 heterocycles. The van der Waals surface area contributed by atoms with Crippen LogP contribution in [-0.2, 0) is 4.74 Å². The second-order valence-electron chi connectivity index (χ2n) is 5.89. The average molecular weight is 304 g/mol. The number of ether oxygens (including phenoxy) is 2. The van der Waals surface area contributed by atoms with Gasteiger partial charge in [-0.05, 0) is 18.7 Å². The molecule has 5 nitrogen and oxygen atoms in total. The van der Waals surface area contributed by atoms with Crippen molar-refractivity contribution in [2.24, 2.45) is 0 Å². The number of amides is 1. The molecule has 1 spiro atoms. The molecule has 0 atom stereocenters. The van der Waals surface area contributed by atoms with Crippen LogP contribution in [0.15, 0.2) is 24.3 Å². The molecule has 120 valence electrons. The normalized spacial score (nSPS) is 21.3. The van der Waals surface area contributed by atoms with Crippen molar-refractivity contribution in [1.29, 1.82) is 0 Å². The van der Waals surface area contributed by atoms with Gasteiger partial charge in [0.1, 0.15) is 11.5 Å². The highest BCUT2D eigenvalue weighted by Crippen LogP contribution is 2.36. The number of benzene rings is 1. The lowest BCUT2D eigenvalue weighted by atomic mass is 9.98. The Morgan fingerprint density at radius 2 is 2.00 bits per heavy atom. The number of carbonyl (C=O) groups excluding carboxylic acids is 1. The van der Waals surface area contributed by atoms with E-state index in [9.17, 15) is 4.79 Å². The quantitative estimate of drug-likeness (QED) is 0.856.